The molecule has 2 unspecified atom stereocenters. The van der Waals surface area contributed by atoms with Gasteiger partial charge in [-0.3, -0.25) is 0 Å². The number of hydrogen-bond acceptors (Lipinski definition) is 2. The molecule has 0 aliphatic heterocycles. The van der Waals surface area contributed by atoms with Crippen molar-refractivity contribution >= 4 is 5.97 Å². The molecule has 0 spiro atoms. The van der Waals surface area contributed by atoms with E-state index in [0.717, 1.165) is 16.7 Å². The van der Waals surface area contributed by atoms with Crippen LogP contribution in [0.2, 0.25) is 0 Å². The third-order valence-electron chi connectivity index (χ3n) is 4.61. The van der Waals surface area contributed by atoms with Crippen molar-refractivity contribution in [2.45, 2.75) is 25.9 Å². The summed E-state index contributed by atoms with van der Waals surface area (Å²) in [6.07, 6.45) is -0.251. The summed E-state index contributed by atoms with van der Waals surface area (Å²) >= 11 is 0. The van der Waals surface area contributed by atoms with Crippen LogP contribution in [0.25, 0.3) is 0 Å². The molecule has 4 heteroatoms. The van der Waals surface area contributed by atoms with Crippen LogP contribution in [0.15, 0.2) is 78.9 Å². The summed E-state index contributed by atoms with van der Waals surface area (Å²) in [5.74, 6) is -0.524. The fourth-order valence-electron chi connectivity index (χ4n) is 3.09. The predicted octanol–water partition coefficient (Wildman–Crippen LogP) is 5.67. The molecule has 0 radical (unpaired) electrons. The SMILES string of the molecule is CC(Oc1c(C(=O)O)cccc1C(C)c1ccccc1)c1ccccc1.[Zn]. The molecule has 134 valence electrons. The van der Waals surface area contributed by atoms with Crippen molar-refractivity contribution in [2.24, 2.45) is 0 Å². The Labute approximate surface area is 172 Å². The summed E-state index contributed by atoms with van der Waals surface area (Å²) < 4.78 is 6.19. The third-order valence-corrected chi connectivity index (χ3v) is 4.61. The largest absolute Gasteiger partial charge is 0.485 e. The molecule has 3 aromatic carbocycles. The van der Waals surface area contributed by atoms with Crippen molar-refractivity contribution in [3.05, 3.63) is 101 Å². The number of carbonyl (C=O) groups is 1. The van der Waals surface area contributed by atoms with Crippen LogP contribution in [0.1, 0.15) is 52.9 Å². The van der Waals surface area contributed by atoms with Crippen LogP contribution in [-0.4, -0.2) is 11.1 Å². The van der Waals surface area contributed by atoms with Gasteiger partial charge in [0.05, 0.1) is 0 Å². The Hall–Kier alpha value is -2.45. The maximum Gasteiger partial charge on any atom is 0.339 e. The first kappa shape index (κ1) is 20.9. The Balaban J connectivity index is 0.00000261. The molecule has 0 saturated carbocycles. The second-order valence-electron chi connectivity index (χ2n) is 6.33. The zero-order valence-corrected chi connectivity index (χ0v) is 18.6. The molecule has 0 saturated heterocycles. The van der Waals surface area contributed by atoms with E-state index in [1.807, 2.05) is 73.7 Å². The number of ether oxygens (including phenoxy) is 1. The molecule has 0 aliphatic carbocycles. The summed E-state index contributed by atoms with van der Waals surface area (Å²) in [4.78, 5) is 11.8. The minimum atomic E-state index is -0.984. The topological polar surface area (TPSA) is 46.5 Å². The number of carboxylic acid groups (broad SMARTS) is 1. The van der Waals surface area contributed by atoms with E-state index in [2.05, 4.69) is 6.92 Å². The van der Waals surface area contributed by atoms with E-state index in [0.29, 0.717) is 5.75 Å². The van der Waals surface area contributed by atoms with Crippen LogP contribution < -0.4 is 4.74 Å². The maximum absolute atomic E-state index is 11.8. The van der Waals surface area contributed by atoms with Crippen LogP contribution in [0.5, 0.6) is 5.75 Å². The van der Waals surface area contributed by atoms with Gasteiger partial charge in [0.25, 0.3) is 0 Å². The van der Waals surface area contributed by atoms with Gasteiger partial charge in [-0.2, -0.15) is 0 Å². The van der Waals surface area contributed by atoms with Crippen LogP contribution >= 0.6 is 0 Å². The van der Waals surface area contributed by atoms with Gasteiger partial charge in [0.15, 0.2) is 0 Å². The van der Waals surface area contributed by atoms with Crippen LogP contribution in [-0.2, 0) is 19.5 Å². The van der Waals surface area contributed by atoms with Gasteiger partial charge < -0.3 is 9.84 Å². The predicted molar refractivity (Wildman–Crippen MR) is 103 cm³/mol. The number of para-hydroxylation sites is 1. The fraction of sp³-hybridized carbons (Fsp3) is 0.174. The first-order chi connectivity index (χ1) is 12.6. The quantitative estimate of drug-likeness (QED) is 0.531. The van der Waals surface area contributed by atoms with Crippen molar-refractivity contribution in [3.8, 4) is 5.75 Å². The maximum atomic E-state index is 11.8. The first-order valence-corrected chi connectivity index (χ1v) is 8.70. The Morgan fingerprint density at radius 3 is 1.93 bits per heavy atom. The number of carboxylic acids is 1. The van der Waals surface area contributed by atoms with Gasteiger partial charge in [-0.15, -0.1) is 0 Å². The van der Waals surface area contributed by atoms with Gasteiger partial charge in [0.1, 0.15) is 17.4 Å². The smallest absolute Gasteiger partial charge is 0.339 e. The van der Waals surface area contributed by atoms with Crippen LogP contribution in [0.3, 0.4) is 0 Å². The molecule has 0 fully saturated rings. The van der Waals surface area contributed by atoms with Crippen molar-refractivity contribution in [3.63, 3.8) is 0 Å². The Morgan fingerprint density at radius 2 is 1.37 bits per heavy atom. The molecule has 0 aromatic heterocycles. The normalized spacial score (nSPS) is 12.5. The molecule has 0 heterocycles. The molecule has 0 bridgehead atoms. The van der Waals surface area contributed by atoms with E-state index < -0.39 is 5.97 Å². The second-order valence-corrected chi connectivity index (χ2v) is 6.33. The molecule has 2 atom stereocenters. The summed E-state index contributed by atoms with van der Waals surface area (Å²) in [7, 11) is 0. The van der Waals surface area contributed by atoms with E-state index in [1.165, 1.54) is 0 Å². The number of aromatic carboxylic acids is 1. The van der Waals surface area contributed by atoms with Crippen LogP contribution in [0.4, 0.5) is 0 Å². The molecular formula is C23H22O3Zn. The molecule has 3 aromatic rings. The van der Waals surface area contributed by atoms with Gasteiger partial charge in [-0.1, -0.05) is 79.7 Å². The van der Waals surface area contributed by atoms with Crippen molar-refractivity contribution < 1.29 is 34.1 Å². The van der Waals surface area contributed by atoms with Gasteiger partial charge in [0, 0.05) is 31.0 Å². The van der Waals surface area contributed by atoms with E-state index in [9.17, 15) is 9.90 Å². The zero-order chi connectivity index (χ0) is 18.5. The monoisotopic (exact) mass is 410 g/mol. The number of rotatable bonds is 6. The van der Waals surface area contributed by atoms with E-state index in [4.69, 9.17) is 4.74 Å². The van der Waals surface area contributed by atoms with Crippen molar-refractivity contribution in [2.75, 3.05) is 0 Å². The third kappa shape index (κ3) is 4.84. The molecule has 0 aliphatic rings. The summed E-state index contributed by atoms with van der Waals surface area (Å²) in [5.41, 5.74) is 3.19. The Bertz CT molecular complexity index is 879. The molecular weight excluding hydrogens is 390 g/mol. The minimum absolute atomic E-state index is 0. The molecule has 27 heavy (non-hydrogen) atoms. The van der Waals surface area contributed by atoms with Gasteiger partial charge >= 0.3 is 5.97 Å². The van der Waals surface area contributed by atoms with Gasteiger partial charge in [-0.05, 0) is 24.1 Å². The summed E-state index contributed by atoms with van der Waals surface area (Å²) in [5, 5.41) is 9.65. The van der Waals surface area contributed by atoms with Gasteiger partial charge in [0.2, 0.25) is 0 Å². The number of hydrogen-bond donors (Lipinski definition) is 1. The summed E-state index contributed by atoms with van der Waals surface area (Å²) in [6.45, 7) is 4.00. The average molecular weight is 412 g/mol. The number of benzene rings is 3. The van der Waals surface area contributed by atoms with Gasteiger partial charge in [-0.25, -0.2) is 4.79 Å². The Morgan fingerprint density at radius 1 is 0.815 bits per heavy atom. The average Bonchev–Trinajstić information content (AvgIpc) is 2.68. The first-order valence-electron chi connectivity index (χ1n) is 8.70. The standard InChI is InChI=1S/C23H22O3.Zn/c1-16(18-10-5-3-6-11-18)20-14-9-15-21(23(24)25)22(20)26-17(2)19-12-7-4-8-13-19;/h3-17H,1-2H3,(H,24,25);. The van der Waals surface area contributed by atoms with Crippen molar-refractivity contribution in [1.29, 1.82) is 0 Å². The minimum Gasteiger partial charge on any atom is -0.485 e. The zero-order valence-electron chi connectivity index (χ0n) is 15.6. The van der Waals surface area contributed by atoms with Crippen molar-refractivity contribution in [1.82, 2.24) is 0 Å². The molecule has 1 N–H and O–H groups in total. The van der Waals surface area contributed by atoms with E-state index >= 15 is 0 Å². The molecule has 0 amide bonds. The second kappa shape index (κ2) is 9.48. The van der Waals surface area contributed by atoms with E-state index in [-0.39, 0.29) is 37.1 Å². The van der Waals surface area contributed by atoms with Crippen LogP contribution in [0, 0.1) is 0 Å². The molecule has 3 nitrogen and oxygen atoms in total. The summed E-state index contributed by atoms with van der Waals surface area (Å²) in [6, 6.07) is 25.2. The molecule has 3 rings (SSSR count). The Kier molecular flexibility index (Phi) is 7.32. The van der Waals surface area contributed by atoms with E-state index in [1.54, 1.807) is 12.1 Å². The fourth-order valence-corrected chi connectivity index (χ4v) is 3.09.